The minimum absolute atomic E-state index is 0.115. The van der Waals surface area contributed by atoms with E-state index >= 15 is 0 Å². The maximum Gasteiger partial charge on any atom is 0.224 e. The molecule has 1 aliphatic heterocycles. The summed E-state index contributed by atoms with van der Waals surface area (Å²) in [6, 6.07) is 0.355. The summed E-state index contributed by atoms with van der Waals surface area (Å²) in [7, 11) is 0. The van der Waals surface area contributed by atoms with E-state index in [1.807, 2.05) is 19.9 Å². The second-order valence-electron chi connectivity index (χ2n) is 11.2. The van der Waals surface area contributed by atoms with E-state index in [1.165, 1.54) is 19.3 Å². The van der Waals surface area contributed by atoms with E-state index < -0.39 is 0 Å². The fourth-order valence-corrected chi connectivity index (χ4v) is 7.59. The van der Waals surface area contributed by atoms with Gasteiger partial charge in [-0.25, -0.2) is 0 Å². The fraction of sp³-hybridized carbons (Fsp3) is 0.833. The molecular formula is C24H38N2O2. The second kappa shape index (κ2) is 6.60. The van der Waals surface area contributed by atoms with Crippen molar-refractivity contribution in [3.8, 4) is 0 Å². The molecule has 3 saturated carbocycles. The van der Waals surface area contributed by atoms with E-state index in [2.05, 4.69) is 31.1 Å². The van der Waals surface area contributed by atoms with Gasteiger partial charge in [-0.15, -0.1) is 6.58 Å². The van der Waals surface area contributed by atoms with Gasteiger partial charge in [-0.05, 0) is 87.4 Å². The zero-order chi connectivity index (χ0) is 20.3. The van der Waals surface area contributed by atoms with Crippen LogP contribution in [0.3, 0.4) is 0 Å². The Labute approximate surface area is 170 Å². The smallest absolute Gasteiger partial charge is 0.224 e. The van der Waals surface area contributed by atoms with Crippen LogP contribution in [0.25, 0.3) is 0 Å². The van der Waals surface area contributed by atoms with Gasteiger partial charge in [-0.3, -0.25) is 9.59 Å². The van der Waals surface area contributed by atoms with Gasteiger partial charge >= 0.3 is 0 Å². The first-order chi connectivity index (χ1) is 13.1. The van der Waals surface area contributed by atoms with Crippen molar-refractivity contribution in [1.82, 2.24) is 10.6 Å². The van der Waals surface area contributed by atoms with E-state index in [4.69, 9.17) is 0 Å². The molecule has 7 atom stereocenters. The standard InChI is InChI=1S/C24H38N2O2/c1-6-22(2,3)26-21(28)18-9-8-16-15-7-10-19-24(5,14-12-20(27)25-19)17(15)11-13-23(16,18)4/h6,15-19H,1,7-14H2,2-5H3,(H,25,27)(H,26,28)/t15-,16-,17-,18+,19+,23-,24+/m0/s1. The average Bonchev–Trinajstić information content (AvgIpc) is 2.99. The Balaban J connectivity index is 1.54. The number of carbonyl (C=O) groups excluding carboxylic acids is 2. The summed E-state index contributed by atoms with van der Waals surface area (Å²) in [5, 5.41) is 6.54. The van der Waals surface area contributed by atoms with Crippen molar-refractivity contribution in [2.24, 2.45) is 34.5 Å². The van der Waals surface area contributed by atoms with Gasteiger partial charge in [0.15, 0.2) is 0 Å². The summed E-state index contributed by atoms with van der Waals surface area (Å²) in [6.45, 7) is 12.7. The molecule has 4 fully saturated rings. The van der Waals surface area contributed by atoms with Gasteiger partial charge in [0.2, 0.25) is 11.8 Å². The second-order valence-corrected chi connectivity index (χ2v) is 11.2. The number of carbonyl (C=O) groups is 2. The van der Waals surface area contributed by atoms with Gasteiger partial charge in [0.05, 0.1) is 5.54 Å². The first kappa shape index (κ1) is 20.0. The third-order valence-electron chi connectivity index (χ3n) is 9.37. The van der Waals surface area contributed by atoms with Crippen LogP contribution in [0.4, 0.5) is 0 Å². The first-order valence-electron chi connectivity index (χ1n) is 11.4. The summed E-state index contributed by atoms with van der Waals surface area (Å²) in [6.07, 6.45) is 10.4. The van der Waals surface area contributed by atoms with Crippen molar-refractivity contribution in [2.75, 3.05) is 0 Å². The van der Waals surface area contributed by atoms with Gasteiger partial charge < -0.3 is 10.6 Å². The lowest BCUT2D eigenvalue weighted by Crippen LogP contribution is -2.61. The Kier molecular flexibility index (Phi) is 4.71. The van der Waals surface area contributed by atoms with Gasteiger partial charge in [0, 0.05) is 18.4 Å². The van der Waals surface area contributed by atoms with Gasteiger partial charge in [0.25, 0.3) is 0 Å². The summed E-state index contributed by atoms with van der Waals surface area (Å²) >= 11 is 0. The molecule has 0 aromatic heterocycles. The predicted molar refractivity (Wildman–Crippen MR) is 111 cm³/mol. The van der Waals surface area contributed by atoms with Crippen molar-refractivity contribution in [1.29, 1.82) is 0 Å². The van der Waals surface area contributed by atoms with Crippen LogP contribution in [0.15, 0.2) is 12.7 Å². The molecule has 4 aliphatic rings. The Morgan fingerprint density at radius 2 is 1.82 bits per heavy atom. The molecule has 2 amide bonds. The van der Waals surface area contributed by atoms with Crippen LogP contribution in [0.2, 0.25) is 0 Å². The van der Waals surface area contributed by atoms with Crippen molar-refractivity contribution in [3.63, 3.8) is 0 Å². The number of amides is 2. The molecule has 2 N–H and O–H groups in total. The van der Waals surface area contributed by atoms with Crippen molar-refractivity contribution >= 4 is 11.8 Å². The minimum Gasteiger partial charge on any atom is -0.353 e. The number of hydrogen-bond acceptors (Lipinski definition) is 2. The van der Waals surface area contributed by atoms with E-state index in [-0.39, 0.29) is 34.1 Å². The lowest BCUT2D eigenvalue weighted by Gasteiger charge is -2.60. The Hall–Kier alpha value is -1.32. The molecule has 1 saturated heterocycles. The number of nitrogens with one attached hydrogen (secondary N) is 2. The van der Waals surface area contributed by atoms with E-state index in [0.717, 1.165) is 25.7 Å². The van der Waals surface area contributed by atoms with Crippen molar-refractivity contribution < 1.29 is 9.59 Å². The molecule has 0 spiro atoms. The average molecular weight is 387 g/mol. The number of rotatable bonds is 3. The van der Waals surface area contributed by atoms with Crippen LogP contribution in [0, 0.1) is 34.5 Å². The number of piperidine rings is 1. The number of hydrogen-bond donors (Lipinski definition) is 2. The zero-order valence-electron chi connectivity index (χ0n) is 18.1. The molecule has 4 nitrogen and oxygen atoms in total. The van der Waals surface area contributed by atoms with E-state index in [1.54, 1.807) is 0 Å². The largest absolute Gasteiger partial charge is 0.353 e. The SMILES string of the molecule is C=CC(C)(C)NC(=O)[C@H]1CC[C@H]2[C@@H]3CC[C@H]4NC(=O)CC[C@]4(C)[C@H]3CC[C@]12C. The predicted octanol–water partition coefficient (Wildman–Crippen LogP) is 4.20. The third-order valence-corrected chi connectivity index (χ3v) is 9.37. The van der Waals surface area contributed by atoms with E-state index in [0.29, 0.717) is 30.2 Å². The topological polar surface area (TPSA) is 58.2 Å². The van der Waals surface area contributed by atoms with Crippen LogP contribution in [-0.2, 0) is 9.59 Å². The molecular weight excluding hydrogens is 348 g/mol. The Morgan fingerprint density at radius 3 is 2.54 bits per heavy atom. The normalized spacial score (nSPS) is 45.3. The van der Waals surface area contributed by atoms with Gasteiger partial charge in [-0.1, -0.05) is 19.9 Å². The lowest BCUT2D eigenvalue weighted by molar-refractivity contribution is -0.142. The van der Waals surface area contributed by atoms with Crippen LogP contribution in [-0.4, -0.2) is 23.4 Å². The maximum absolute atomic E-state index is 13.2. The molecule has 1 heterocycles. The first-order valence-corrected chi connectivity index (χ1v) is 11.4. The monoisotopic (exact) mass is 386 g/mol. The molecule has 0 aromatic rings. The van der Waals surface area contributed by atoms with Crippen LogP contribution >= 0.6 is 0 Å². The molecule has 0 radical (unpaired) electrons. The molecule has 0 aromatic carbocycles. The molecule has 3 aliphatic carbocycles. The van der Waals surface area contributed by atoms with Crippen LogP contribution < -0.4 is 10.6 Å². The highest BCUT2D eigenvalue weighted by Gasteiger charge is 2.61. The third kappa shape index (κ3) is 2.93. The highest BCUT2D eigenvalue weighted by Crippen LogP contribution is 2.65. The molecule has 28 heavy (non-hydrogen) atoms. The van der Waals surface area contributed by atoms with E-state index in [9.17, 15) is 9.59 Å². The lowest BCUT2D eigenvalue weighted by atomic mass is 9.47. The maximum atomic E-state index is 13.2. The zero-order valence-corrected chi connectivity index (χ0v) is 18.1. The van der Waals surface area contributed by atoms with Crippen molar-refractivity contribution in [2.45, 2.75) is 90.6 Å². The molecule has 156 valence electrons. The Morgan fingerprint density at radius 1 is 1.11 bits per heavy atom. The molecule has 4 rings (SSSR count). The fourth-order valence-electron chi connectivity index (χ4n) is 7.59. The minimum atomic E-state index is -0.353. The molecule has 0 unspecified atom stereocenters. The highest BCUT2D eigenvalue weighted by molar-refractivity contribution is 5.81. The van der Waals surface area contributed by atoms with Gasteiger partial charge in [-0.2, -0.15) is 0 Å². The summed E-state index contributed by atoms with van der Waals surface area (Å²) in [5.41, 5.74) is 0.00151. The quantitative estimate of drug-likeness (QED) is 0.714. The Bertz CT molecular complexity index is 686. The summed E-state index contributed by atoms with van der Waals surface area (Å²) < 4.78 is 0. The number of fused-ring (bicyclic) bond motifs is 5. The van der Waals surface area contributed by atoms with Gasteiger partial charge in [0.1, 0.15) is 0 Å². The van der Waals surface area contributed by atoms with Crippen LogP contribution in [0.5, 0.6) is 0 Å². The van der Waals surface area contributed by atoms with Crippen molar-refractivity contribution in [3.05, 3.63) is 12.7 Å². The highest BCUT2D eigenvalue weighted by atomic mass is 16.2. The summed E-state index contributed by atoms with van der Waals surface area (Å²) in [4.78, 5) is 25.1. The molecule has 4 heteroatoms. The van der Waals surface area contributed by atoms with Crippen LogP contribution in [0.1, 0.15) is 79.1 Å². The summed E-state index contributed by atoms with van der Waals surface area (Å²) in [5.74, 6) is 2.62. The molecule has 0 bridgehead atoms.